The molecule has 1 heterocycles. The highest BCUT2D eigenvalue weighted by Crippen LogP contribution is 2.05. The van der Waals surface area contributed by atoms with Crippen molar-refractivity contribution in [2.75, 3.05) is 6.54 Å². The summed E-state index contributed by atoms with van der Waals surface area (Å²) in [6, 6.07) is 8.71. The lowest BCUT2D eigenvalue weighted by Crippen LogP contribution is -2.49. The molecule has 2 rings (SSSR count). The van der Waals surface area contributed by atoms with Crippen LogP contribution < -0.4 is 16.2 Å². The maximum atomic E-state index is 11.6. The third kappa shape index (κ3) is 4.22. The van der Waals surface area contributed by atoms with Gasteiger partial charge in [-0.05, 0) is 12.0 Å². The Morgan fingerprint density at radius 2 is 2.05 bits per heavy atom. The van der Waals surface area contributed by atoms with E-state index in [-0.39, 0.29) is 6.61 Å². The van der Waals surface area contributed by atoms with Crippen molar-refractivity contribution in [1.82, 2.24) is 16.2 Å². The molecule has 20 heavy (non-hydrogen) atoms. The molecule has 0 bridgehead atoms. The van der Waals surface area contributed by atoms with Gasteiger partial charge in [0, 0.05) is 6.54 Å². The number of ether oxygens (including phenoxy) is 1. The fourth-order valence-corrected chi connectivity index (χ4v) is 1.88. The Morgan fingerprint density at radius 1 is 1.30 bits per heavy atom. The number of carbonyl (C=O) groups is 2. The SMILES string of the molecule is O=C(NNC(=O)[C@@H]1C[C@@H](O)CN1)OCc1ccccc1. The molecular formula is C13H17N3O4. The predicted octanol–water partition coefficient (Wildman–Crippen LogP) is -0.333. The molecule has 108 valence electrons. The highest BCUT2D eigenvalue weighted by Gasteiger charge is 2.28. The number of aliphatic hydroxyl groups is 1. The Labute approximate surface area is 116 Å². The molecular weight excluding hydrogens is 262 g/mol. The van der Waals surface area contributed by atoms with Crippen LogP contribution >= 0.6 is 0 Å². The summed E-state index contributed by atoms with van der Waals surface area (Å²) < 4.78 is 4.93. The van der Waals surface area contributed by atoms with E-state index in [9.17, 15) is 14.7 Å². The van der Waals surface area contributed by atoms with Crippen LogP contribution in [-0.2, 0) is 16.1 Å². The summed E-state index contributed by atoms with van der Waals surface area (Å²) in [4.78, 5) is 23.0. The molecule has 0 unspecified atom stereocenters. The number of hydrazine groups is 1. The molecule has 1 aliphatic heterocycles. The molecule has 2 atom stereocenters. The van der Waals surface area contributed by atoms with Gasteiger partial charge in [0.15, 0.2) is 0 Å². The number of amides is 2. The quantitative estimate of drug-likeness (QED) is 0.568. The third-order valence-corrected chi connectivity index (χ3v) is 2.92. The molecule has 1 aromatic rings. The van der Waals surface area contributed by atoms with Gasteiger partial charge in [-0.25, -0.2) is 10.2 Å². The number of benzene rings is 1. The molecule has 0 aromatic heterocycles. The zero-order valence-corrected chi connectivity index (χ0v) is 10.8. The summed E-state index contributed by atoms with van der Waals surface area (Å²) in [5, 5.41) is 12.1. The predicted molar refractivity (Wildman–Crippen MR) is 70.3 cm³/mol. The van der Waals surface area contributed by atoms with Crippen LogP contribution in [0.4, 0.5) is 4.79 Å². The van der Waals surface area contributed by atoms with Crippen molar-refractivity contribution < 1.29 is 19.4 Å². The molecule has 1 aromatic carbocycles. The Hall–Kier alpha value is -2.12. The summed E-state index contributed by atoms with van der Waals surface area (Å²) >= 11 is 0. The number of hydrogen-bond donors (Lipinski definition) is 4. The molecule has 1 aliphatic rings. The Balaban J connectivity index is 1.66. The third-order valence-electron chi connectivity index (χ3n) is 2.92. The monoisotopic (exact) mass is 279 g/mol. The molecule has 1 saturated heterocycles. The summed E-state index contributed by atoms with van der Waals surface area (Å²) in [6.45, 7) is 0.499. The maximum Gasteiger partial charge on any atom is 0.426 e. The van der Waals surface area contributed by atoms with Crippen LogP contribution in [0.3, 0.4) is 0 Å². The average molecular weight is 279 g/mol. The van der Waals surface area contributed by atoms with Gasteiger partial charge in [0.25, 0.3) is 5.91 Å². The second kappa shape index (κ2) is 6.88. The van der Waals surface area contributed by atoms with E-state index in [1.54, 1.807) is 0 Å². The number of nitrogens with one attached hydrogen (secondary N) is 3. The standard InChI is InChI=1S/C13H17N3O4/c17-10-6-11(14-7-10)12(18)15-16-13(19)20-8-9-4-2-1-3-5-9/h1-5,10-11,14,17H,6-8H2,(H,15,18)(H,16,19)/t10-,11+/m1/s1. The van der Waals surface area contributed by atoms with Gasteiger partial charge in [-0.1, -0.05) is 30.3 Å². The van der Waals surface area contributed by atoms with Gasteiger partial charge in [0.05, 0.1) is 12.1 Å². The van der Waals surface area contributed by atoms with Gasteiger partial charge < -0.3 is 15.2 Å². The number of aliphatic hydroxyl groups excluding tert-OH is 1. The molecule has 0 aliphatic carbocycles. The first-order chi connectivity index (χ1) is 9.65. The smallest absolute Gasteiger partial charge is 0.426 e. The molecule has 1 fully saturated rings. The first kappa shape index (κ1) is 14.3. The van der Waals surface area contributed by atoms with E-state index in [4.69, 9.17) is 4.74 Å². The van der Waals surface area contributed by atoms with Gasteiger partial charge in [0.2, 0.25) is 0 Å². The van der Waals surface area contributed by atoms with E-state index in [1.807, 2.05) is 30.3 Å². The van der Waals surface area contributed by atoms with Crippen molar-refractivity contribution in [2.45, 2.75) is 25.2 Å². The van der Waals surface area contributed by atoms with E-state index >= 15 is 0 Å². The summed E-state index contributed by atoms with van der Waals surface area (Å²) in [5.41, 5.74) is 5.26. The Morgan fingerprint density at radius 3 is 2.70 bits per heavy atom. The highest BCUT2D eigenvalue weighted by atomic mass is 16.6. The Bertz CT molecular complexity index is 466. The largest absolute Gasteiger partial charge is 0.443 e. The van der Waals surface area contributed by atoms with Crippen LogP contribution in [-0.4, -0.2) is 35.8 Å². The minimum atomic E-state index is -0.735. The van der Waals surface area contributed by atoms with Gasteiger partial charge in [-0.3, -0.25) is 10.2 Å². The zero-order valence-electron chi connectivity index (χ0n) is 10.8. The van der Waals surface area contributed by atoms with Gasteiger partial charge in [-0.15, -0.1) is 0 Å². The van der Waals surface area contributed by atoms with Crippen molar-refractivity contribution in [1.29, 1.82) is 0 Å². The van der Waals surface area contributed by atoms with Gasteiger partial charge in [0.1, 0.15) is 6.61 Å². The summed E-state index contributed by atoms with van der Waals surface area (Å²) in [7, 11) is 0. The van der Waals surface area contributed by atoms with Crippen LogP contribution in [0, 0.1) is 0 Å². The first-order valence-corrected chi connectivity index (χ1v) is 6.33. The van der Waals surface area contributed by atoms with E-state index in [1.165, 1.54) is 0 Å². The lowest BCUT2D eigenvalue weighted by Gasteiger charge is -2.12. The lowest BCUT2D eigenvalue weighted by molar-refractivity contribution is -0.123. The minimum Gasteiger partial charge on any atom is -0.443 e. The van der Waals surface area contributed by atoms with E-state index in [0.29, 0.717) is 13.0 Å². The van der Waals surface area contributed by atoms with E-state index in [0.717, 1.165) is 5.56 Å². The van der Waals surface area contributed by atoms with Crippen LogP contribution in [0.5, 0.6) is 0 Å². The maximum absolute atomic E-state index is 11.6. The zero-order chi connectivity index (χ0) is 14.4. The summed E-state index contributed by atoms with van der Waals surface area (Å²) in [5.74, 6) is -0.404. The van der Waals surface area contributed by atoms with Crippen molar-refractivity contribution >= 4 is 12.0 Å². The highest BCUT2D eigenvalue weighted by molar-refractivity contribution is 5.83. The fourth-order valence-electron chi connectivity index (χ4n) is 1.88. The molecule has 0 radical (unpaired) electrons. The second-order valence-electron chi connectivity index (χ2n) is 4.53. The summed E-state index contributed by atoms with van der Waals surface area (Å²) in [6.07, 6.45) is -0.941. The van der Waals surface area contributed by atoms with Crippen molar-refractivity contribution in [3.05, 3.63) is 35.9 Å². The van der Waals surface area contributed by atoms with Crippen molar-refractivity contribution in [2.24, 2.45) is 0 Å². The van der Waals surface area contributed by atoms with Crippen LogP contribution in [0.1, 0.15) is 12.0 Å². The number of carbonyl (C=O) groups excluding carboxylic acids is 2. The Kier molecular flexibility index (Phi) is 4.91. The van der Waals surface area contributed by atoms with Crippen molar-refractivity contribution in [3.8, 4) is 0 Å². The number of β-amino-alcohol motifs (C(OH)–C–C–N with tert-alkyl or cyclic N) is 1. The second-order valence-corrected chi connectivity index (χ2v) is 4.53. The number of rotatable bonds is 3. The first-order valence-electron chi connectivity index (χ1n) is 6.33. The lowest BCUT2D eigenvalue weighted by atomic mass is 10.2. The van der Waals surface area contributed by atoms with E-state index in [2.05, 4.69) is 16.2 Å². The van der Waals surface area contributed by atoms with Crippen LogP contribution in [0.15, 0.2) is 30.3 Å². The average Bonchev–Trinajstić information content (AvgIpc) is 2.90. The molecule has 2 amide bonds. The molecule has 7 heteroatoms. The minimum absolute atomic E-state index is 0.128. The molecule has 0 spiro atoms. The molecule has 7 nitrogen and oxygen atoms in total. The molecule has 4 N–H and O–H groups in total. The van der Waals surface area contributed by atoms with Crippen LogP contribution in [0.25, 0.3) is 0 Å². The van der Waals surface area contributed by atoms with Crippen LogP contribution in [0.2, 0.25) is 0 Å². The molecule has 0 saturated carbocycles. The van der Waals surface area contributed by atoms with Gasteiger partial charge >= 0.3 is 6.09 Å². The van der Waals surface area contributed by atoms with Gasteiger partial charge in [-0.2, -0.15) is 0 Å². The van der Waals surface area contributed by atoms with E-state index < -0.39 is 24.1 Å². The topological polar surface area (TPSA) is 99.7 Å². The fraction of sp³-hybridized carbons (Fsp3) is 0.385. The van der Waals surface area contributed by atoms with Crippen molar-refractivity contribution in [3.63, 3.8) is 0 Å². The normalized spacial score (nSPS) is 21.2. The number of hydrogen-bond acceptors (Lipinski definition) is 5.